The summed E-state index contributed by atoms with van der Waals surface area (Å²) >= 11 is 0. The maximum Gasteiger partial charge on any atom is -0.00768 e. The molecule has 0 bridgehead atoms. The fourth-order valence-electron chi connectivity index (χ4n) is 4.39. The van der Waals surface area contributed by atoms with Crippen molar-refractivity contribution in [1.29, 1.82) is 0 Å². The highest BCUT2D eigenvalue weighted by atomic mass is 14.5. The van der Waals surface area contributed by atoms with Crippen LogP contribution in [0.4, 0.5) is 0 Å². The van der Waals surface area contributed by atoms with Gasteiger partial charge in [-0.05, 0) is 48.9 Å². The fraction of sp³-hybridized carbons (Fsp3) is 0.750. The maximum absolute atomic E-state index is 4.15. The van der Waals surface area contributed by atoms with Crippen LogP contribution in [-0.4, -0.2) is 0 Å². The predicted molar refractivity (Wildman–Crippen MR) is 71.3 cm³/mol. The molecule has 3 atom stereocenters. The third-order valence-corrected chi connectivity index (χ3v) is 5.01. The van der Waals surface area contributed by atoms with Gasteiger partial charge in [0, 0.05) is 0 Å². The lowest BCUT2D eigenvalue weighted by Crippen LogP contribution is -2.42. The molecule has 2 unspecified atom stereocenters. The minimum Gasteiger partial charge on any atom is -0.0958 e. The van der Waals surface area contributed by atoms with Crippen molar-refractivity contribution in [2.75, 3.05) is 0 Å². The second kappa shape index (κ2) is 4.05. The smallest absolute Gasteiger partial charge is 0.00768 e. The van der Waals surface area contributed by atoms with Crippen molar-refractivity contribution in [3.63, 3.8) is 0 Å². The Labute approximate surface area is 101 Å². The van der Waals surface area contributed by atoms with Crippen LogP contribution < -0.4 is 0 Å². The molecule has 0 N–H and O–H groups in total. The Hall–Kier alpha value is -0.520. The van der Waals surface area contributed by atoms with Gasteiger partial charge < -0.3 is 0 Å². The lowest BCUT2D eigenvalue weighted by atomic mass is 9.54. The summed E-state index contributed by atoms with van der Waals surface area (Å²) in [7, 11) is 0. The lowest BCUT2D eigenvalue weighted by Gasteiger charge is -2.51. The molecule has 16 heavy (non-hydrogen) atoms. The highest BCUT2D eigenvalue weighted by Crippen LogP contribution is 2.55. The minimum atomic E-state index is 0.465. The van der Waals surface area contributed by atoms with Gasteiger partial charge in [-0.1, -0.05) is 51.5 Å². The van der Waals surface area contributed by atoms with E-state index in [4.69, 9.17) is 0 Å². The van der Waals surface area contributed by atoms with Crippen LogP contribution >= 0.6 is 0 Å². The molecule has 2 aliphatic rings. The fourth-order valence-corrected chi connectivity index (χ4v) is 4.39. The zero-order chi connectivity index (χ0) is 11.9. The van der Waals surface area contributed by atoms with Crippen molar-refractivity contribution in [3.8, 4) is 0 Å². The molecule has 1 saturated carbocycles. The van der Waals surface area contributed by atoms with Gasteiger partial charge in [0.2, 0.25) is 0 Å². The summed E-state index contributed by atoms with van der Waals surface area (Å²) in [6, 6.07) is 0. The van der Waals surface area contributed by atoms with E-state index < -0.39 is 0 Å². The standard InChI is InChI=1S/C16H26/c1-11(2)15-13(4)6-7-14-10-12(3)8-9-16(14,15)5/h10-11,13,15H,3,6-9H2,1-2,4-5H3/t13-,15?,16?/m1/s1. The van der Waals surface area contributed by atoms with Gasteiger partial charge in [0.05, 0.1) is 0 Å². The van der Waals surface area contributed by atoms with E-state index in [1.54, 1.807) is 5.57 Å². The van der Waals surface area contributed by atoms with E-state index >= 15 is 0 Å². The average Bonchev–Trinajstić information content (AvgIpc) is 2.18. The van der Waals surface area contributed by atoms with Gasteiger partial charge in [0.25, 0.3) is 0 Å². The highest BCUT2D eigenvalue weighted by molar-refractivity contribution is 5.32. The Morgan fingerprint density at radius 1 is 1.38 bits per heavy atom. The molecule has 0 spiro atoms. The molecule has 1 fully saturated rings. The first-order valence-corrected chi connectivity index (χ1v) is 6.84. The van der Waals surface area contributed by atoms with Crippen molar-refractivity contribution in [1.82, 2.24) is 0 Å². The topological polar surface area (TPSA) is 0 Å². The van der Waals surface area contributed by atoms with Gasteiger partial charge >= 0.3 is 0 Å². The van der Waals surface area contributed by atoms with Gasteiger partial charge in [-0.2, -0.15) is 0 Å². The van der Waals surface area contributed by atoms with Gasteiger partial charge in [0.15, 0.2) is 0 Å². The van der Waals surface area contributed by atoms with Gasteiger partial charge in [-0.25, -0.2) is 0 Å². The van der Waals surface area contributed by atoms with Crippen LogP contribution in [0.2, 0.25) is 0 Å². The van der Waals surface area contributed by atoms with E-state index in [2.05, 4.69) is 40.3 Å². The summed E-state index contributed by atoms with van der Waals surface area (Å²) < 4.78 is 0. The third kappa shape index (κ3) is 1.77. The van der Waals surface area contributed by atoms with Crippen LogP contribution in [0.25, 0.3) is 0 Å². The van der Waals surface area contributed by atoms with Crippen LogP contribution in [0.3, 0.4) is 0 Å². The van der Waals surface area contributed by atoms with Crippen LogP contribution in [-0.2, 0) is 0 Å². The van der Waals surface area contributed by atoms with Gasteiger partial charge in [-0.15, -0.1) is 0 Å². The second-order valence-corrected chi connectivity index (χ2v) is 6.53. The van der Waals surface area contributed by atoms with E-state index in [9.17, 15) is 0 Å². The number of fused-ring (bicyclic) bond motifs is 1. The molecule has 0 nitrogen and oxygen atoms in total. The second-order valence-electron chi connectivity index (χ2n) is 6.53. The van der Waals surface area contributed by atoms with Gasteiger partial charge in [-0.3, -0.25) is 0 Å². The van der Waals surface area contributed by atoms with E-state index in [0.717, 1.165) is 17.8 Å². The third-order valence-electron chi connectivity index (χ3n) is 5.01. The molecule has 0 heterocycles. The Bertz CT molecular complexity index is 321. The summed E-state index contributed by atoms with van der Waals surface area (Å²) in [4.78, 5) is 0. The zero-order valence-corrected chi connectivity index (χ0v) is 11.3. The molecule has 0 aliphatic heterocycles. The zero-order valence-electron chi connectivity index (χ0n) is 11.3. The molecule has 2 rings (SSSR count). The monoisotopic (exact) mass is 218 g/mol. The first-order valence-electron chi connectivity index (χ1n) is 6.84. The number of allylic oxidation sites excluding steroid dienone is 3. The number of rotatable bonds is 1. The molecule has 0 aromatic carbocycles. The van der Waals surface area contributed by atoms with Crippen LogP contribution in [0, 0.1) is 23.2 Å². The first-order chi connectivity index (χ1) is 7.45. The molecule has 0 radical (unpaired) electrons. The van der Waals surface area contributed by atoms with Crippen molar-refractivity contribution >= 4 is 0 Å². The van der Waals surface area contributed by atoms with Crippen molar-refractivity contribution in [2.24, 2.45) is 23.2 Å². The molecule has 2 aliphatic carbocycles. The molecule has 90 valence electrons. The Balaban J connectivity index is 2.38. The highest BCUT2D eigenvalue weighted by Gasteiger charge is 2.45. The summed E-state index contributed by atoms with van der Waals surface area (Å²) in [6.07, 6.45) is 7.61. The maximum atomic E-state index is 4.15. The van der Waals surface area contributed by atoms with Crippen LogP contribution in [0.15, 0.2) is 23.8 Å². The summed E-state index contributed by atoms with van der Waals surface area (Å²) in [6.45, 7) is 13.9. The van der Waals surface area contributed by atoms with Gasteiger partial charge in [0.1, 0.15) is 0 Å². The number of hydrogen-bond donors (Lipinski definition) is 0. The van der Waals surface area contributed by atoms with E-state index in [1.807, 2.05) is 0 Å². The van der Waals surface area contributed by atoms with Crippen molar-refractivity contribution < 1.29 is 0 Å². The largest absolute Gasteiger partial charge is 0.0958 e. The summed E-state index contributed by atoms with van der Waals surface area (Å²) in [5.41, 5.74) is 3.51. The molecule has 0 aromatic heterocycles. The molecule has 0 heteroatoms. The lowest BCUT2D eigenvalue weighted by molar-refractivity contribution is 0.0677. The molecule has 0 aromatic rings. The summed E-state index contributed by atoms with van der Waals surface area (Å²) in [5.74, 6) is 2.55. The number of hydrogen-bond acceptors (Lipinski definition) is 0. The Kier molecular flexibility index (Phi) is 3.03. The normalized spacial score (nSPS) is 39.6. The van der Waals surface area contributed by atoms with E-state index in [1.165, 1.54) is 31.3 Å². The quantitative estimate of drug-likeness (QED) is 0.583. The SMILES string of the molecule is C=C1C=C2CC[C@@H](C)C(C(C)C)C2(C)CC1. The van der Waals surface area contributed by atoms with Crippen LogP contribution in [0.5, 0.6) is 0 Å². The van der Waals surface area contributed by atoms with E-state index in [0.29, 0.717) is 5.41 Å². The Morgan fingerprint density at radius 2 is 2.06 bits per heavy atom. The van der Waals surface area contributed by atoms with E-state index in [-0.39, 0.29) is 0 Å². The molecular weight excluding hydrogens is 192 g/mol. The molecule has 0 amide bonds. The van der Waals surface area contributed by atoms with Crippen molar-refractivity contribution in [2.45, 2.75) is 53.4 Å². The first kappa shape index (κ1) is 12.0. The van der Waals surface area contributed by atoms with Crippen molar-refractivity contribution in [3.05, 3.63) is 23.8 Å². The predicted octanol–water partition coefficient (Wildman–Crippen LogP) is 4.97. The average molecular weight is 218 g/mol. The molecular formula is C16H26. The summed E-state index contributed by atoms with van der Waals surface area (Å²) in [5, 5.41) is 0. The minimum absolute atomic E-state index is 0.465. The van der Waals surface area contributed by atoms with Crippen LogP contribution in [0.1, 0.15) is 53.4 Å². The molecule has 0 saturated heterocycles. The Morgan fingerprint density at radius 3 is 2.69 bits per heavy atom.